The van der Waals surface area contributed by atoms with Gasteiger partial charge in [0.05, 0.1) is 56.5 Å². The van der Waals surface area contributed by atoms with Crippen molar-refractivity contribution in [1.29, 1.82) is 0 Å². The number of thiophene rings is 3. The zero-order chi connectivity index (χ0) is 51.1. The number of Topliss-reactive ketones (excluding diaryl/α,β-unsaturated/α-hetero) is 1. The van der Waals surface area contributed by atoms with Gasteiger partial charge in [0, 0.05) is 49.7 Å². The van der Waals surface area contributed by atoms with Gasteiger partial charge in [-0.3, -0.25) is 4.79 Å². The minimum Gasteiger partial charge on any atom is -0.506 e. The molecule has 10 aromatic rings. The number of aliphatic hydroxyl groups excluding tert-OH is 2. The Morgan fingerprint density at radius 1 is 0.662 bits per heavy atom. The summed E-state index contributed by atoms with van der Waals surface area (Å²) in [7, 11) is 3.04. The van der Waals surface area contributed by atoms with Crippen molar-refractivity contribution >= 4 is 93.3 Å². The zero-order valence-corrected chi connectivity index (χ0v) is 42.3. The van der Waals surface area contributed by atoms with E-state index in [2.05, 4.69) is 15.0 Å². The molecule has 0 saturated carbocycles. The third-order valence-electron chi connectivity index (χ3n) is 12.0. The van der Waals surface area contributed by atoms with Gasteiger partial charge in [-0.05, 0) is 79.2 Å². The first-order valence-electron chi connectivity index (χ1n) is 22.3. The summed E-state index contributed by atoms with van der Waals surface area (Å²) in [6.45, 7) is 0.538. The van der Waals surface area contributed by atoms with Crippen LogP contribution in [0.4, 0.5) is 13.2 Å². The van der Waals surface area contributed by atoms with Crippen LogP contribution >= 0.6 is 57.2 Å². The normalized spacial score (nSPS) is 12.3. The van der Waals surface area contributed by atoms with Crippen LogP contribution in [-0.2, 0) is 19.8 Å². The van der Waals surface area contributed by atoms with E-state index in [4.69, 9.17) is 42.1 Å². The van der Waals surface area contributed by atoms with E-state index in [-0.39, 0.29) is 66.7 Å². The lowest BCUT2D eigenvalue weighted by molar-refractivity contribution is 0.0937. The number of ketones is 1. The van der Waals surface area contributed by atoms with E-state index < -0.39 is 6.10 Å². The number of aliphatic hydroxyl groups is 2. The lowest BCUT2D eigenvalue weighted by Crippen LogP contribution is -2.09. The Kier molecular flexibility index (Phi) is 15.4. The standard InChI is InChI=1S/C26H22FNO5S.C14H9ClFNO2S.C14H7ClFNOS.CH4/c1-31-20-10-6-14(12-22(20)32-2)18(29)8-9-19(30)17-7-11-21-25(28-17)24-15-4-3-5-16(27)26(15)34-23(24)13-33-21;15-11-5-4-9(19)13(17-11)12-7-2-1-3-8(16)14(7)20-10(12)6-18;15-11-5-4-9-13(17-11)12-7-2-1-3-8(16)14(7)19-10(12)6-18-9;/h3-7,10-12,19,30H,8-9,13H2,1-2H3;1-5,18-19H,6H2;1-5H,6H2;1H4. The molecule has 0 spiro atoms. The first kappa shape index (κ1) is 52.0. The van der Waals surface area contributed by atoms with Crippen molar-refractivity contribution in [3.05, 3.63) is 163 Å². The van der Waals surface area contributed by atoms with Crippen molar-refractivity contribution in [1.82, 2.24) is 15.0 Å². The molecule has 74 heavy (non-hydrogen) atoms. The van der Waals surface area contributed by atoms with Gasteiger partial charge in [-0.25, -0.2) is 28.1 Å². The van der Waals surface area contributed by atoms with Crippen molar-refractivity contribution in [2.75, 3.05) is 14.2 Å². The number of benzene rings is 4. The number of carbonyl (C=O) groups excluding carboxylic acids is 1. The lowest BCUT2D eigenvalue weighted by Gasteiger charge is -2.19. The van der Waals surface area contributed by atoms with Crippen LogP contribution in [0.5, 0.6) is 28.7 Å². The summed E-state index contributed by atoms with van der Waals surface area (Å²) in [6.07, 6.45) is -0.614. The van der Waals surface area contributed by atoms with Gasteiger partial charge in [0.2, 0.25) is 0 Å². The highest BCUT2D eigenvalue weighted by atomic mass is 35.5. The molecule has 11 nitrogen and oxygen atoms in total. The van der Waals surface area contributed by atoms with Gasteiger partial charge in [-0.15, -0.1) is 34.0 Å². The highest BCUT2D eigenvalue weighted by Gasteiger charge is 2.28. The molecule has 0 saturated heterocycles. The van der Waals surface area contributed by atoms with Crippen molar-refractivity contribution in [2.45, 2.75) is 46.2 Å². The fourth-order valence-electron chi connectivity index (χ4n) is 8.62. The second kappa shape index (κ2) is 21.9. The van der Waals surface area contributed by atoms with Gasteiger partial charge in [-0.1, -0.05) is 67.0 Å². The van der Waals surface area contributed by atoms with E-state index in [0.29, 0.717) is 93.9 Å². The van der Waals surface area contributed by atoms with Gasteiger partial charge in [-0.2, -0.15) is 0 Å². The van der Waals surface area contributed by atoms with Crippen molar-refractivity contribution in [2.24, 2.45) is 0 Å². The molecule has 378 valence electrons. The van der Waals surface area contributed by atoms with Crippen molar-refractivity contribution in [3.63, 3.8) is 0 Å². The van der Waals surface area contributed by atoms with E-state index >= 15 is 0 Å². The molecule has 0 aliphatic carbocycles. The largest absolute Gasteiger partial charge is 0.506 e. The summed E-state index contributed by atoms with van der Waals surface area (Å²) in [5.74, 6) is 1.27. The smallest absolute Gasteiger partial charge is 0.163 e. The topological polar surface area (TPSA) is 153 Å². The number of rotatable bonds is 9. The minimum atomic E-state index is -0.943. The molecular weight excluding hydrogens is 1050 g/mol. The molecule has 19 heteroatoms. The fourth-order valence-corrected chi connectivity index (χ4v) is 12.2. The van der Waals surface area contributed by atoms with Crippen LogP contribution in [0.15, 0.2) is 109 Å². The number of carbonyl (C=O) groups is 1. The first-order valence-corrected chi connectivity index (χ1v) is 25.5. The van der Waals surface area contributed by atoms with E-state index in [9.17, 15) is 33.3 Å². The molecule has 3 N–H and O–H groups in total. The van der Waals surface area contributed by atoms with Crippen LogP contribution in [0.2, 0.25) is 10.3 Å². The average molecular weight is 1100 g/mol. The predicted octanol–water partition coefficient (Wildman–Crippen LogP) is 14.9. The lowest BCUT2D eigenvalue weighted by atomic mass is 10.0. The van der Waals surface area contributed by atoms with Gasteiger partial charge >= 0.3 is 0 Å². The molecule has 0 bridgehead atoms. The molecule has 12 rings (SSSR count). The number of hydrogen-bond donors (Lipinski definition) is 3. The molecule has 1 atom stereocenters. The summed E-state index contributed by atoms with van der Waals surface area (Å²) < 4.78 is 65.6. The maximum atomic E-state index is 14.3. The van der Waals surface area contributed by atoms with Crippen LogP contribution in [-0.4, -0.2) is 50.3 Å². The van der Waals surface area contributed by atoms with E-state index in [1.165, 1.54) is 67.2 Å². The van der Waals surface area contributed by atoms with Gasteiger partial charge in [0.1, 0.15) is 75.3 Å². The Morgan fingerprint density at radius 2 is 1.18 bits per heavy atom. The maximum absolute atomic E-state index is 14.3. The maximum Gasteiger partial charge on any atom is 0.163 e. The van der Waals surface area contributed by atoms with E-state index in [1.807, 2.05) is 12.1 Å². The molecule has 0 fully saturated rings. The third kappa shape index (κ3) is 9.96. The minimum absolute atomic E-state index is 0. The van der Waals surface area contributed by atoms with Crippen molar-refractivity contribution < 1.29 is 52.2 Å². The average Bonchev–Trinajstić information content (AvgIpc) is 4.13. The van der Waals surface area contributed by atoms with Gasteiger partial charge in [0.15, 0.2) is 17.3 Å². The molecule has 2 aliphatic rings. The Bertz CT molecular complexity index is 3770. The van der Waals surface area contributed by atoms with Crippen LogP contribution in [0.25, 0.3) is 64.0 Å². The van der Waals surface area contributed by atoms with E-state index in [0.717, 1.165) is 43.0 Å². The van der Waals surface area contributed by atoms with Crippen LogP contribution in [0, 0.1) is 17.5 Å². The van der Waals surface area contributed by atoms with Crippen LogP contribution in [0.1, 0.15) is 57.1 Å². The summed E-state index contributed by atoms with van der Waals surface area (Å²) in [5.41, 5.74) is 4.76. The summed E-state index contributed by atoms with van der Waals surface area (Å²) in [6, 6.07) is 29.6. The molecule has 8 heterocycles. The predicted molar refractivity (Wildman–Crippen MR) is 286 cm³/mol. The second-order valence-corrected chi connectivity index (χ2v) is 20.5. The molecule has 4 aromatic carbocycles. The second-order valence-electron chi connectivity index (χ2n) is 16.4. The SMILES string of the molecule is C.COc1ccc(C(=O)CCC(O)c2ccc3c(n2)-c2c(sc4c(F)cccc24)CO3)cc1OC.Fc1cccc2c3c(sc12)COc1ccc(Cl)nc1-3.OCc1sc2c(F)cccc2c1-c1nc(Cl)ccc1O. The Balaban J connectivity index is 0.000000144. The number of ether oxygens (including phenoxy) is 4. The number of aromatic hydroxyl groups is 1. The van der Waals surface area contributed by atoms with Gasteiger partial charge in [0.25, 0.3) is 0 Å². The highest BCUT2D eigenvalue weighted by Crippen LogP contribution is 2.48. The number of aromatic nitrogens is 3. The summed E-state index contributed by atoms with van der Waals surface area (Å²) >= 11 is 15.7. The van der Waals surface area contributed by atoms with E-state index in [1.54, 1.807) is 66.7 Å². The number of fused-ring (bicyclic) bond motifs is 11. The molecule has 2 aliphatic heterocycles. The summed E-state index contributed by atoms with van der Waals surface area (Å²) in [4.78, 5) is 28.2. The quantitative estimate of drug-likeness (QED) is 0.0935. The molecular formula is C55H42Cl2F3N3O8S3. The number of methoxy groups -OCH3 is 2. The Labute approximate surface area is 443 Å². The highest BCUT2D eigenvalue weighted by molar-refractivity contribution is 7.20. The third-order valence-corrected chi connectivity index (χ3v) is 16.0. The first-order chi connectivity index (χ1) is 35.3. The van der Waals surface area contributed by atoms with Crippen LogP contribution < -0.4 is 18.9 Å². The fraction of sp³-hybridized carbons (Fsp3) is 0.164. The molecule has 1 unspecified atom stereocenters. The zero-order valence-electron chi connectivity index (χ0n) is 38.3. The monoisotopic (exact) mass is 1100 g/mol. The summed E-state index contributed by atoms with van der Waals surface area (Å²) in [5, 5.41) is 33.1. The number of halogens is 5. The molecule has 6 aromatic heterocycles. The Hall–Kier alpha value is -6.83. The number of pyridine rings is 3. The molecule has 0 radical (unpaired) electrons. The number of nitrogens with zero attached hydrogens (tertiary/aromatic N) is 3. The van der Waals surface area contributed by atoms with Gasteiger partial charge < -0.3 is 34.3 Å². The Morgan fingerprint density at radius 3 is 1.74 bits per heavy atom. The van der Waals surface area contributed by atoms with Crippen molar-refractivity contribution in [3.8, 4) is 62.5 Å². The van der Waals surface area contributed by atoms with Crippen LogP contribution in [0.3, 0.4) is 0 Å². The molecule has 0 amide bonds. The number of hydrogen-bond acceptors (Lipinski definition) is 14.